The molecule has 0 radical (unpaired) electrons. The molecule has 1 saturated heterocycles. The van der Waals surface area contributed by atoms with Gasteiger partial charge in [0.05, 0.1) is 0 Å². The standard InChI is InChI=1S/C15H28N2O/c1-12(10-14-6-4-3-5-7-14)15(18)17-9-8-16-11-13(17)2/h12-14,16H,3-11H2,1-2H3/t12?,13-/m0/s1. The smallest absolute Gasteiger partial charge is 0.225 e. The topological polar surface area (TPSA) is 32.3 Å². The maximum atomic E-state index is 12.5. The first-order chi connectivity index (χ1) is 8.68. The summed E-state index contributed by atoms with van der Waals surface area (Å²) in [5.74, 6) is 1.40. The molecule has 0 aromatic heterocycles. The molecule has 0 aromatic rings. The van der Waals surface area contributed by atoms with Crippen LogP contribution in [-0.2, 0) is 4.79 Å². The van der Waals surface area contributed by atoms with Gasteiger partial charge >= 0.3 is 0 Å². The number of nitrogens with zero attached hydrogens (tertiary/aromatic N) is 1. The molecule has 1 aliphatic carbocycles. The van der Waals surface area contributed by atoms with E-state index in [9.17, 15) is 4.79 Å². The maximum absolute atomic E-state index is 12.5. The predicted molar refractivity (Wildman–Crippen MR) is 74.4 cm³/mol. The second-order valence-corrected chi connectivity index (χ2v) is 6.23. The minimum atomic E-state index is 0.216. The van der Waals surface area contributed by atoms with Crippen molar-refractivity contribution in [1.82, 2.24) is 10.2 Å². The van der Waals surface area contributed by atoms with Gasteiger partial charge in [-0.1, -0.05) is 39.0 Å². The lowest BCUT2D eigenvalue weighted by Gasteiger charge is -2.36. The van der Waals surface area contributed by atoms with Crippen LogP contribution in [0.4, 0.5) is 0 Å². The van der Waals surface area contributed by atoms with E-state index in [-0.39, 0.29) is 5.92 Å². The monoisotopic (exact) mass is 252 g/mol. The third-order valence-electron chi connectivity index (χ3n) is 4.62. The summed E-state index contributed by atoms with van der Waals surface area (Å²) >= 11 is 0. The van der Waals surface area contributed by atoms with Crippen molar-refractivity contribution in [3.63, 3.8) is 0 Å². The van der Waals surface area contributed by atoms with Crippen LogP contribution in [-0.4, -0.2) is 36.5 Å². The molecular formula is C15H28N2O. The molecule has 3 heteroatoms. The molecule has 2 aliphatic rings. The largest absolute Gasteiger partial charge is 0.337 e. The van der Waals surface area contributed by atoms with Gasteiger partial charge in [-0.3, -0.25) is 4.79 Å². The Kier molecular flexibility index (Phi) is 5.04. The molecule has 1 amide bonds. The Labute approximate surface area is 111 Å². The highest BCUT2D eigenvalue weighted by atomic mass is 16.2. The fourth-order valence-electron chi connectivity index (χ4n) is 3.48. The molecule has 2 fully saturated rings. The van der Waals surface area contributed by atoms with Crippen molar-refractivity contribution >= 4 is 5.91 Å². The summed E-state index contributed by atoms with van der Waals surface area (Å²) in [4.78, 5) is 14.6. The fraction of sp³-hybridized carbons (Fsp3) is 0.933. The van der Waals surface area contributed by atoms with Gasteiger partial charge < -0.3 is 10.2 Å². The molecule has 104 valence electrons. The minimum absolute atomic E-state index is 0.216. The van der Waals surface area contributed by atoms with Gasteiger partial charge in [-0.2, -0.15) is 0 Å². The summed E-state index contributed by atoms with van der Waals surface area (Å²) in [6.07, 6.45) is 7.93. The molecule has 1 saturated carbocycles. The zero-order valence-electron chi connectivity index (χ0n) is 12.0. The van der Waals surface area contributed by atoms with Gasteiger partial charge in [0.25, 0.3) is 0 Å². The average molecular weight is 252 g/mol. The molecule has 18 heavy (non-hydrogen) atoms. The predicted octanol–water partition coefficient (Wildman–Crippen LogP) is 2.41. The lowest BCUT2D eigenvalue weighted by Crippen LogP contribution is -2.53. The van der Waals surface area contributed by atoms with Crippen molar-refractivity contribution in [2.75, 3.05) is 19.6 Å². The Morgan fingerprint density at radius 3 is 2.72 bits per heavy atom. The van der Waals surface area contributed by atoms with E-state index < -0.39 is 0 Å². The van der Waals surface area contributed by atoms with E-state index in [4.69, 9.17) is 0 Å². The van der Waals surface area contributed by atoms with Gasteiger partial charge in [-0.05, 0) is 19.3 Å². The first kappa shape index (κ1) is 13.9. The van der Waals surface area contributed by atoms with Crippen molar-refractivity contribution in [3.8, 4) is 0 Å². The van der Waals surface area contributed by atoms with Crippen LogP contribution in [0, 0.1) is 11.8 Å². The Morgan fingerprint density at radius 2 is 2.06 bits per heavy atom. The van der Waals surface area contributed by atoms with Crippen LogP contribution in [0.3, 0.4) is 0 Å². The summed E-state index contributed by atoms with van der Waals surface area (Å²) in [6.45, 7) is 7.06. The molecule has 1 N–H and O–H groups in total. The molecule has 3 nitrogen and oxygen atoms in total. The number of rotatable bonds is 3. The summed E-state index contributed by atoms with van der Waals surface area (Å²) in [7, 11) is 0. The van der Waals surface area contributed by atoms with Gasteiger partial charge in [-0.15, -0.1) is 0 Å². The number of carbonyl (C=O) groups excluding carboxylic acids is 1. The lowest BCUT2D eigenvalue weighted by atomic mass is 9.83. The van der Waals surface area contributed by atoms with Crippen molar-refractivity contribution in [3.05, 3.63) is 0 Å². The molecule has 1 heterocycles. The summed E-state index contributed by atoms with van der Waals surface area (Å²) < 4.78 is 0. The SMILES string of the molecule is CC(CC1CCCCC1)C(=O)N1CCNC[C@@H]1C. The summed E-state index contributed by atoms with van der Waals surface area (Å²) in [5.41, 5.74) is 0. The molecule has 1 aliphatic heterocycles. The van der Waals surface area contributed by atoms with Crippen molar-refractivity contribution in [2.24, 2.45) is 11.8 Å². The van der Waals surface area contributed by atoms with Gasteiger partial charge in [0.15, 0.2) is 0 Å². The van der Waals surface area contributed by atoms with E-state index in [1.54, 1.807) is 0 Å². The van der Waals surface area contributed by atoms with Crippen molar-refractivity contribution in [1.29, 1.82) is 0 Å². The number of hydrogen-bond acceptors (Lipinski definition) is 2. The quantitative estimate of drug-likeness (QED) is 0.836. The van der Waals surface area contributed by atoms with E-state index in [0.717, 1.165) is 32.0 Å². The van der Waals surface area contributed by atoms with Crippen LogP contribution in [0.1, 0.15) is 52.4 Å². The van der Waals surface area contributed by atoms with Crippen LogP contribution in [0.15, 0.2) is 0 Å². The van der Waals surface area contributed by atoms with E-state index in [0.29, 0.717) is 11.9 Å². The normalized spacial score (nSPS) is 28.1. The average Bonchev–Trinajstić information content (AvgIpc) is 2.39. The summed E-state index contributed by atoms with van der Waals surface area (Å²) in [5, 5.41) is 3.35. The fourth-order valence-corrected chi connectivity index (χ4v) is 3.48. The molecule has 2 atom stereocenters. The lowest BCUT2D eigenvalue weighted by molar-refractivity contribution is -0.138. The van der Waals surface area contributed by atoms with Gasteiger partial charge in [0.2, 0.25) is 5.91 Å². The number of amides is 1. The number of piperazine rings is 1. The zero-order chi connectivity index (χ0) is 13.0. The number of hydrogen-bond donors (Lipinski definition) is 1. The van der Waals surface area contributed by atoms with Gasteiger partial charge in [0.1, 0.15) is 0 Å². The number of nitrogens with one attached hydrogen (secondary N) is 1. The highest BCUT2D eigenvalue weighted by molar-refractivity contribution is 5.79. The molecule has 0 bridgehead atoms. The zero-order valence-corrected chi connectivity index (χ0v) is 12.0. The Hall–Kier alpha value is -0.570. The second kappa shape index (κ2) is 6.55. The van der Waals surface area contributed by atoms with Crippen LogP contribution in [0.25, 0.3) is 0 Å². The Morgan fingerprint density at radius 1 is 1.33 bits per heavy atom. The van der Waals surface area contributed by atoms with E-state index in [2.05, 4.69) is 24.1 Å². The van der Waals surface area contributed by atoms with E-state index >= 15 is 0 Å². The third kappa shape index (κ3) is 3.47. The van der Waals surface area contributed by atoms with E-state index in [1.807, 2.05) is 0 Å². The van der Waals surface area contributed by atoms with E-state index in [1.165, 1.54) is 32.1 Å². The Bertz CT molecular complexity index is 274. The molecule has 2 rings (SSSR count). The molecule has 1 unspecified atom stereocenters. The molecule has 0 aromatic carbocycles. The highest BCUT2D eigenvalue weighted by Crippen LogP contribution is 2.29. The van der Waals surface area contributed by atoms with Crippen molar-refractivity contribution < 1.29 is 4.79 Å². The van der Waals surface area contributed by atoms with Crippen LogP contribution in [0.5, 0.6) is 0 Å². The molecular weight excluding hydrogens is 224 g/mol. The number of carbonyl (C=O) groups is 1. The van der Waals surface area contributed by atoms with Crippen LogP contribution >= 0.6 is 0 Å². The van der Waals surface area contributed by atoms with Gasteiger partial charge in [0, 0.05) is 31.6 Å². The highest BCUT2D eigenvalue weighted by Gasteiger charge is 2.28. The first-order valence-corrected chi connectivity index (χ1v) is 7.69. The minimum Gasteiger partial charge on any atom is -0.337 e. The summed E-state index contributed by atoms with van der Waals surface area (Å²) in [6, 6.07) is 0.361. The van der Waals surface area contributed by atoms with Crippen molar-refractivity contribution in [2.45, 2.75) is 58.4 Å². The second-order valence-electron chi connectivity index (χ2n) is 6.23. The van der Waals surface area contributed by atoms with Crippen LogP contribution in [0.2, 0.25) is 0 Å². The van der Waals surface area contributed by atoms with Crippen LogP contribution < -0.4 is 5.32 Å². The third-order valence-corrected chi connectivity index (χ3v) is 4.62. The Balaban J connectivity index is 1.83. The molecule has 0 spiro atoms. The first-order valence-electron chi connectivity index (χ1n) is 7.69. The maximum Gasteiger partial charge on any atom is 0.225 e. The van der Waals surface area contributed by atoms with Gasteiger partial charge in [-0.25, -0.2) is 0 Å².